The van der Waals surface area contributed by atoms with Gasteiger partial charge in [-0.2, -0.15) is 4.99 Å². The van der Waals surface area contributed by atoms with Crippen LogP contribution in [0.25, 0.3) is 10.9 Å². The van der Waals surface area contributed by atoms with E-state index in [1.807, 2.05) is 4.57 Å². The maximum absolute atomic E-state index is 12.7. The number of ether oxygens (including phenoxy) is 3. The Kier molecular flexibility index (Phi) is 4.47. The van der Waals surface area contributed by atoms with Crippen molar-refractivity contribution in [2.75, 3.05) is 25.5 Å². The van der Waals surface area contributed by atoms with Crippen molar-refractivity contribution >= 4 is 34.7 Å². The van der Waals surface area contributed by atoms with Gasteiger partial charge < -0.3 is 19.5 Å². The molecular formula is C22H18N6O6. The number of likely N-dealkylation sites (tertiary alicyclic amines) is 1. The van der Waals surface area contributed by atoms with Gasteiger partial charge in [-0.15, -0.1) is 0 Å². The molecule has 2 fully saturated rings. The van der Waals surface area contributed by atoms with E-state index in [-0.39, 0.29) is 29.8 Å². The van der Waals surface area contributed by atoms with E-state index in [1.165, 1.54) is 18.2 Å². The molecule has 34 heavy (non-hydrogen) atoms. The minimum atomic E-state index is -0.680. The molecule has 0 radical (unpaired) electrons. The van der Waals surface area contributed by atoms with Crippen LogP contribution >= 0.6 is 0 Å². The van der Waals surface area contributed by atoms with Crippen molar-refractivity contribution in [3.63, 3.8) is 0 Å². The SMILES string of the molecule is COc1c(OC(=O)N2CC3OC(=O)[C@H]32)ccc2c3n(c(=NC(=O)c4cccnc4)nc12)CCN3. The molecule has 12 nitrogen and oxygen atoms in total. The zero-order valence-corrected chi connectivity index (χ0v) is 17.9. The zero-order chi connectivity index (χ0) is 23.4. The second-order valence-corrected chi connectivity index (χ2v) is 7.93. The molecule has 172 valence electrons. The van der Waals surface area contributed by atoms with E-state index < -0.39 is 24.0 Å². The van der Waals surface area contributed by atoms with Gasteiger partial charge in [0.25, 0.3) is 5.91 Å². The predicted octanol–water partition coefficient (Wildman–Crippen LogP) is 0.715. The number of nitrogens with one attached hydrogen (secondary N) is 1. The summed E-state index contributed by atoms with van der Waals surface area (Å²) in [6.45, 7) is 1.50. The largest absolute Gasteiger partial charge is 0.491 e. The number of benzene rings is 1. The van der Waals surface area contributed by atoms with Gasteiger partial charge in [0.2, 0.25) is 5.62 Å². The molecule has 3 aliphatic rings. The van der Waals surface area contributed by atoms with Gasteiger partial charge in [0.1, 0.15) is 11.3 Å². The first-order chi connectivity index (χ1) is 16.5. The van der Waals surface area contributed by atoms with E-state index in [0.717, 1.165) is 5.82 Å². The lowest BCUT2D eigenvalue weighted by Crippen LogP contribution is -2.74. The monoisotopic (exact) mass is 462 g/mol. The molecule has 2 amide bonds. The lowest BCUT2D eigenvalue weighted by molar-refractivity contribution is -0.210. The van der Waals surface area contributed by atoms with Crippen molar-refractivity contribution in [3.05, 3.63) is 47.8 Å². The number of nitrogens with zero attached hydrogens (tertiary/aromatic N) is 5. The van der Waals surface area contributed by atoms with Gasteiger partial charge >= 0.3 is 12.1 Å². The number of morpholine rings is 1. The lowest BCUT2D eigenvalue weighted by Gasteiger charge is -2.51. The molecular weight excluding hydrogens is 444 g/mol. The molecule has 0 spiro atoms. The van der Waals surface area contributed by atoms with Crippen molar-refractivity contribution < 1.29 is 28.6 Å². The third kappa shape index (κ3) is 2.99. The quantitative estimate of drug-likeness (QED) is 0.558. The van der Waals surface area contributed by atoms with Crippen LogP contribution < -0.4 is 20.4 Å². The first-order valence-electron chi connectivity index (χ1n) is 10.6. The smallest absolute Gasteiger partial charge is 0.416 e. The van der Waals surface area contributed by atoms with Gasteiger partial charge in [-0.25, -0.2) is 14.6 Å². The number of hydrogen-bond acceptors (Lipinski definition) is 9. The Hall–Kier alpha value is -4.48. The number of methoxy groups -OCH3 is 1. The Morgan fingerprint density at radius 3 is 2.91 bits per heavy atom. The number of pyridine rings is 1. The summed E-state index contributed by atoms with van der Waals surface area (Å²) in [5, 5.41) is 4.00. The molecule has 5 heterocycles. The molecule has 1 aromatic carbocycles. The molecule has 1 unspecified atom stereocenters. The minimum Gasteiger partial charge on any atom is -0.491 e. The van der Waals surface area contributed by atoms with Crippen LogP contribution in [0.2, 0.25) is 0 Å². The number of hydrogen-bond donors (Lipinski definition) is 1. The average molecular weight is 462 g/mol. The molecule has 0 bridgehead atoms. The highest BCUT2D eigenvalue weighted by Crippen LogP contribution is 2.38. The molecule has 2 saturated heterocycles. The number of anilines is 1. The average Bonchev–Trinajstić information content (AvgIpc) is 3.32. The van der Waals surface area contributed by atoms with Crippen molar-refractivity contribution in [1.29, 1.82) is 0 Å². The van der Waals surface area contributed by atoms with Gasteiger partial charge in [-0.05, 0) is 24.3 Å². The molecule has 2 atom stereocenters. The molecule has 12 heteroatoms. The molecule has 0 saturated carbocycles. The first-order valence-corrected chi connectivity index (χ1v) is 10.6. The van der Waals surface area contributed by atoms with E-state index in [0.29, 0.717) is 29.6 Å². The van der Waals surface area contributed by atoms with Crippen LogP contribution in [0.1, 0.15) is 10.4 Å². The summed E-state index contributed by atoms with van der Waals surface area (Å²) in [6.07, 6.45) is 2.07. The van der Waals surface area contributed by atoms with Crippen molar-refractivity contribution in [3.8, 4) is 11.5 Å². The van der Waals surface area contributed by atoms with E-state index >= 15 is 0 Å². The lowest BCUT2D eigenvalue weighted by atomic mass is 9.95. The van der Waals surface area contributed by atoms with Crippen LogP contribution in [-0.2, 0) is 16.1 Å². The van der Waals surface area contributed by atoms with E-state index in [4.69, 9.17) is 14.2 Å². The summed E-state index contributed by atoms with van der Waals surface area (Å²) < 4.78 is 17.8. The molecule has 6 rings (SSSR count). The molecule has 1 N–H and O–H groups in total. The topological polar surface area (TPSA) is 137 Å². The van der Waals surface area contributed by atoms with E-state index in [9.17, 15) is 14.4 Å². The van der Waals surface area contributed by atoms with Gasteiger partial charge in [0.05, 0.1) is 19.2 Å². The molecule has 3 aliphatic heterocycles. The summed E-state index contributed by atoms with van der Waals surface area (Å²) in [4.78, 5) is 50.9. The van der Waals surface area contributed by atoms with Gasteiger partial charge in [-0.3, -0.25) is 19.2 Å². The summed E-state index contributed by atoms with van der Waals surface area (Å²) in [5.41, 5.74) is 0.892. The number of fused-ring (bicyclic) bond motifs is 4. The van der Waals surface area contributed by atoms with Crippen LogP contribution in [0.5, 0.6) is 11.5 Å². The van der Waals surface area contributed by atoms with E-state index in [1.54, 1.807) is 30.5 Å². The minimum absolute atomic E-state index is 0.135. The zero-order valence-electron chi connectivity index (χ0n) is 17.9. The fourth-order valence-electron chi connectivity index (χ4n) is 4.29. The van der Waals surface area contributed by atoms with Crippen molar-refractivity contribution in [1.82, 2.24) is 19.4 Å². The second kappa shape index (κ2) is 7.54. The fourth-order valence-corrected chi connectivity index (χ4v) is 4.29. The van der Waals surface area contributed by atoms with Gasteiger partial charge in [-0.1, -0.05) is 0 Å². The van der Waals surface area contributed by atoms with Crippen LogP contribution in [0.3, 0.4) is 0 Å². The number of aromatic nitrogens is 3. The number of carbonyl (C=O) groups excluding carboxylic acids is 3. The number of rotatable bonds is 3. The van der Waals surface area contributed by atoms with Crippen LogP contribution in [0.15, 0.2) is 41.7 Å². The molecule has 3 aromatic rings. The Balaban J connectivity index is 1.42. The van der Waals surface area contributed by atoms with Crippen LogP contribution in [0.4, 0.5) is 10.6 Å². The number of amides is 2. The van der Waals surface area contributed by atoms with E-state index in [2.05, 4.69) is 20.3 Å². The standard InChI is InChI=1S/C22H18N6O6/c1-32-17-13(34-22(31)28-10-14-16(28)20(30)33-14)5-4-12-15(17)25-21(27-8-7-24-18(12)27)26-19(29)11-3-2-6-23-9-11/h2-6,9,14,16,24H,7-8,10H2,1H3/t14?,16-/m0/s1. The Labute approximate surface area is 191 Å². The van der Waals surface area contributed by atoms with Crippen LogP contribution in [-0.4, -0.2) is 69.7 Å². The van der Waals surface area contributed by atoms with Crippen LogP contribution in [0, 0.1) is 0 Å². The third-order valence-corrected chi connectivity index (χ3v) is 6.02. The normalized spacial score (nSPS) is 20.4. The first kappa shape index (κ1) is 20.1. The summed E-state index contributed by atoms with van der Waals surface area (Å²) in [6, 6.07) is 6.04. The van der Waals surface area contributed by atoms with Gasteiger partial charge in [0.15, 0.2) is 23.6 Å². The second-order valence-electron chi connectivity index (χ2n) is 7.93. The van der Waals surface area contributed by atoms with Crippen molar-refractivity contribution in [2.45, 2.75) is 18.7 Å². The number of carbonyl (C=O) groups is 3. The Bertz CT molecular complexity index is 1440. The Morgan fingerprint density at radius 2 is 2.18 bits per heavy atom. The molecule has 2 aromatic heterocycles. The van der Waals surface area contributed by atoms with Gasteiger partial charge in [0, 0.05) is 30.9 Å². The predicted molar refractivity (Wildman–Crippen MR) is 115 cm³/mol. The maximum atomic E-state index is 12.7. The maximum Gasteiger partial charge on any atom is 0.416 e. The highest BCUT2D eigenvalue weighted by molar-refractivity contribution is 5.97. The number of esters is 1. The fraction of sp³-hybridized carbons (Fsp3) is 0.273. The third-order valence-electron chi connectivity index (χ3n) is 6.02. The summed E-state index contributed by atoms with van der Waals surface area (Å²) in [7, 11) is 1.43. The Morgan fingerprint density at radius 1 is 1.29 bits per heavy atom. The highest BCUT2D eigenvalue weighted by atomic mass is 16.6. The summed E-state index contributed by atoms with van der Waals surface area (Å²) >= 11 is 0. The van der Waals surface area contributed by atoms with Crippen molar-refractivity contribution in [2.24, 2.45) is 4.99 Å². The highest BCUT2D eigenvalue weighted by Gasteiger charge is 2.58. The summed E-state index contributed by atoms with van der Waals surface area (Å²) in [5.74, 6) is 0.144. The molecule has 0 aliphatic carbocycles.